The molecule has 0 atom stereocenters. The van der Waals surface area contributed by atoms with Gasteiger partial charge in [-0.15, -0.1) is 0 Å². The average Bonchev–Trinajstić information content (AvgIpc) is 2.88. The maximum Gasteiger partial charge on any atom is 0.287 e. The third-order valence-electron chi connectivity index (χ3n) is 4.36. The number of H-pyrrole nitrogens is 1. The first kappa shape index (κ1) is 15.7. The highest BCUT2D eigenvalue weighted by Crippen LogP contribution is 2.34. The first-order chi connectivity index (χ1) is 9.77. The molecule has 1 N–H and O–H groups in total. The Labute approximate surface area is 124 Å². The second-order valence-electron chi connectivity index (χ2n) is 6.87. The molecule has 0 bridgehead atoms. The number of nitrogens with one attached hydrogen (secondary N) is 1. The zero-order valence-electron chi connectivity index (χ0n) is 12.9. The average molecular weight is 293 g/mol. The minimum Gasteiger partial charge on any atom is -0.353 e. The van der Waals surface area contributed by atoms with E-state index in [-0.39, 0.29) is 11.5 Å². The van der Waals surface area contributed by atoms with Crippen molar-refractivity contribution in [2.75, 3.05) is 19.6 Å². The van der Waals surface area contributed by atoms with E-state index in [2.05, 4.69) is 30.7 Å². The van der Waals surface area contributed by atoms with Crippen molar-refractivity contribution in [3.05, 3.63) is 28.1 Å². The second kappa shape index (κ2) is 5.97. The smallest absolute Gasteiger partial charge is 0.287 e. The molecule has 0 aliphatic carbocycles. The topological polar surface area (TPSA) is 79.2 Å². The summed E-state index contributed by atoms with van der Waals surface area (Å²) < 4.78 is 0. The van der Waals surface area contributed by atoms with Gasteiger partial charge in [-0.05, 0) is 37.3 Å². The molecule has 1 fully saturated rings. The molecule has 0 spiro atoms. The summed E-state index contributed by atoms with van der Waals surface area (Å²) in [5, 5.41) is 10.6. The molecule has 1 aromatic heterocycles. The van der Waals surface area contributed by atoms with Crippen molar-refractivity contribution in [1.82, 2.24) is 9.88 Å². The van der Waals surface area contributed by atoms with E-state index in [0.717, 1.165) is 25.9 Å². The van der Waals surface area contributed by atoms with Crippen molar-refractivity contribution < 1.29 is 9.72 Å². The SMILES string of the molecule is CC(C)(C)C1CCN(CC(=O)c2cc([N+](=O)[O-])c[nH]2)CC1. The van der Waals surface area contributed by atoms with Gasteiger partial charge >= 0.3 is 0 Å². The van der Waals surface area contributed by atoms with E-state index in [4.69, 9.17) is 0 Å². The first-order valence-corrected chi connectivity index (χ1v) is 7.35. The largest absolute Gasteiger partial charge is 0.353 e. The molecule has 0 aromatic carbocycles. The molecule has 2 rings (SSSR count). The molecule has 0 unspecified atom stereocenters. The van der Waals surface area contributed by atoms with Gasteiger partial charge in [0.25, 0.3) is 5.69 Å². The summed E-state index contributed by atoms with van der Waals surface area (Å²) in [5.41, 5.74) is 0.570. The Morgan fingerprint density at radius 2 is 2.05 bits per heavy atom. The summed E-state index contributed by atoms with van der Waals surface area (Å²) in [7, 11) is 0. The molecule has 1 saturated heterocycles. The van der Waals surface area contributed by atoms with Crippen LogP contribution in [-0.4, -0.2) is 40.2 Å². The van der Waals surface area contributed by atoms with Crippen molar-refractivity contribution in [3.8, 4) is 0 Å². The van der Waals surface area contributed by atoms with E-state index in [1.165, 1.54) is 12.3 Å². The van der Waals surface area contributed by atoms with Gasteiger partial charge in [-0.3, -0.25) is 19.8 Å². The molecule has 21 heavy (non-hydrogen) atoms. The maximum absolute atomic E-state index is 12.1. The molecule has 6 nitrogen and oxygen atoms in total. The van der Waals surface area contributed by atoms with Crippen LogP contribution in [0, 0.1) is 21.4 Å². The number of nitrogens with zero attached hydrogens (tertiary/aromatic N) is 2. The van der Waals surface area contributed by atoms with Crippen LogP contribution in [0.4, 0.5) is 5.69 Å². The van der Waals surface area contributed by atoms with Gasteiger partial charge in [-0.25, -0.2) is 0 Å². The van der Waals surface area contributed by atoms with E-state index < -0.39 is 4.92 Å². The Kier molecular flexibility index (Phi) is 4.46. The number of hydrogen-bond acceptors (Lipinski definition) is 4. The lowest BCUT2D eigenvalue weighted by Gasteiger charge is -2.38. The Morgan fingerprint density at radius 3 is 2.52 bits per heavy atom. The minimum absolute atomic E-state index is 0.0650. The number of rotatable bonds is 4. The zero-order valence-corrected chi connectivity index (χ0v) is 12.9. The van der Waals surface area contributed by atoms with Crippen LogP contribution in [0.3, 0.4) is 0 Å². The number of aromatic nitrogens is 1. The van der Waals surface area contributed by atoms with E-state index in [1.807, 2.05) is 0 Å². The summed E-state index contributed by atoms with van der Waals surface area (Å²) in [4.78, 5) is 27.1. The second-order valence-corrected chi connectivity index (χ2v) is 6.87. The fourth-order valence-corrected chi connectivity index (χ4v) is 2.89. The number of aromatic amines is 1. The van der Waals surface area contributed by atoms with Gasteiger partial charge < -0.3 is 4.98 Å². The highest BCUT2D eigenvalue weighted by atomic mass is 16.6. The van der Waals surface area contributed by atoms with Crippen LogP contribution in [0.25, 0.3) is 0 Å². The number of carbonyl (C=O) groups excluding carboxylic acids is 1. The first-order valence-electron chi connectivity index (χ1n) is 7.35. The number of likely N-dealkylation sites (tertiary alicyclic amines) is 1. The third kappa shape index (κ3) is 3.91. The monoisotopic (exact) mass is 293 g/mol. The predicted molar refractivity (Wildman–Crippen MR) is 80.4 cm³/mol. The van der Waals surface area contributed by atoms with Gasteiger partial charge in [0.2, 0.25) is 0 Å². The molecule has 6 heteroatoms. The normalized spacial score (nSPS) is 17.9. The van der Waals surface area contributed by atoms with Crippen molar-refractivity contribution in [3.63, 3.8) is 0 Å². The molecule has 1 aliphatic heterocycles. The minimum atomic E-state index is -0.498. The van der Waals surface area contributed by atoms with Gasteiger partial charge in [0.15, 0.2) is 5.78 Å². The highest BCUT2D eigenvalue weighted by Gasteiger charge is 2.29. The van der Waals surface area contributed by atoms with E-state index >= 15 is 0 Å². The molecule has 0 radical (unpaired) electrons. The fraction of sp³-hybridized carbons (Fsp3) is 0.667. The van der Waals surface area contributed by atoms with Crippen LogP contribution in [0.2, 0.25) is 0 Å². The summed E-state index contributed by atoms with van der Waals surface area (Å²) in [5.74, 6) is 0.604. The Bertz CT molecular complexity index is 523. The van der Waals surface area contributed by atoms with Crippen LogP contribution < -0.4 is 0 Å². The van der Waals surface area contributed by atoms with Gasteiger partial charge in [-0.1, -0.05) is 20.8 Å². The fourth-order valence-electron chi connectivity index (χ4n) is 2.89. The van der Waals surface area contributed by atoms with Crippen LogP contribution in [0.1, 0.15) is 44.1 Å². The van der Waals surface area contributed by atoms with Crippen molar-refractivity contribution in [2.45, 2.75) is 33.6 Å². The number of Topliss-reactive ketones (excluding diaryl/α,β-unsaturated/α-hetero) is 1. The number of piperidine rings is 1. The van der Waals surface area contributed by atoms with Crippen LogP contribution in [-0.2, 0) is 0 Å². The zero-order chi connectivity index (χ0) is 15.6. The predicted octanol–water partition coefficient (Wildman–Crippen LogP) is 2.86. The van der Waals surface area contributed by atoms with E-state index in [1.54, 1.807) is 0 Å². The standard InChI is InChI=1S/C15H23N3O3/c1-15(2,3)11-4-6-17(7-5-11)10-14(19)13-8-12(9-16-13)18(20)21/h8-9,11,16H,4-7,10H2,1-3H3. The van der Waals surface area contributed by atoms with Gasteiger partial charge in [0.05, 0.1) is 23.4 Å². The Hall–Kier alpha value is -1.69. The lowest BCUT2D eigenvalue weighted by atomic mass is 9.75. The number of hydrogen-bond donors (Lipinski definition) is 1. The molecule has 0 amide bonds. The molecule has 116 valence electrons. The number of carbonyl (C=O) groups is 1. The van der Waals surface area contributed by atoms with Crippen molar-refractivity contribution >= 4 is 11.5 Å². The molecule has 1 aliphatic rings. The number of nitro groups is 1. The summed E-state index contributed by atoms with van der Waals surface area (Å²) in [6.07, 6.45) is 3.46. The molecular formula is C15H23N3O3. The van der Waals surface area contributed by atoms with Gasteiger partial charge in [0.1, 0.15) is 0 Å². The van der Waals surface area contributed by atoms with Crippen molar-refractivity contribution in [2.24, 2.45) is 11.3 Å². The highest BCUT2D eigenvalue weighted by molar-refractivity contribution is 5.96. The quantitative estimate of drug-likeness (QED) is 0.526. The van der Waals surface area contributed by atoms with Crippen LogP contribution >= 0.6 is 0 Å². The molecule has 0 saturated carbocycles. The molecule has 2 heterocycles. The lowest BCUT2D eigenvalue weighted by Crippen LogP contribution is -2.40. The molecular weight excluding hydrogens is 270 g/mol. The Balaban J connectivity index is 1.88. The lowest BCUT2D eigenvalue weighted by molar-refractivity contribution is -0.384. The molecule has 1 aromatic rings. The maximum atomic E-state index is 12.1. The summed E-state index contributed by atoms with van der Waals surface area (Å²) in [6, 6.07) is 1.31. The number of ketones is 1. The Morgan fingerprint density at radius 1 is 1.43 bits per heavy atom. The van der Waals surface area contributed by atoms with Crippen molar-refractivity contribution in [1.29, 1.82) is 0 Å². The third-order valence-corrected chi connectivity index (χ3v) is 4.36. The summed E-state index contributed by atoms with van der Waals surface area (Å²) >= 11 is 0. The summed E-state index contributed by atoms with van der Waals surface area (Å²) in [6.45, 7) is 8.94. The van der Waals surface area contributed by atoms with Crippen LogP contribution in [0.15, 0.2) is 12.3 Å². The van der Waals surface area contributed by atoms with Crippen LogP contribution in [0.5, 0.6) is 0 Å². The van der Waals surface area contributed by atoms with E-state index in [0.29, 0.717) is 23.6 Å². The van der Waals surface area contributed by atoms with E-state index in [9.17, 15) is 14.9 Å². The van der Waals surface area contributed by atoms with Gasteiger partial charge in [0, 0.05) is 6.07 Å². The van der Waals surface area contributed by atoms with Gasteiger partial charge in [-0.2, -0.15) is 0 Å².